The third kappa shape index (κ3) is 5.26. The zero-order valence-corrected chi connectivity index (χ0v) is 18.4. The van der Waals surface area contributed by atoms with Gasteiger partial charge in [-0.3, -0.25) is 0 Å². The lowest BCUT2D eigenvalue weighted by Crippen LogP contribution is -2.55. The molecular formula is C24H29ClO7. The van der Waals surface area contributed by atoms with Gasteiger partial charge in [0, 0.05) is 17.9 Å². The Morgan fingerprint density at radius 2 is 1.66 bits per heavy atom. The summed E-state index contributed by atoms with van der Waals surface area (Å²) in [6.45, 7) is 0.988. The van der Waals surface area contributed by atoms with Crippen molar-refractivity contribution in [1.29, 1.82) is 0 Å². The van der Waals surface area contributed by atoms with Gasteiger partial charge in [0.25, 0.3) is 0 Å². The van der Waals surface area contributed by atoms with Gasteiger partial charge in [-0.25, -0.2) is 0 Å². The van der Waals surface area contributed by atoms with Crippen LogP contribution in [0.4, 0.5) is 0 Å². The van der Waals surface area contributed by atoms with E-state index in [0.29, 0.717) is 17.0 Å². The second kappa shape index (κ2) is 10.5. The zero-order valence-electron chi connectivity index (χ0n) is 17.6. The molecule has 2 saturated heterocycles. The number of aliphatic hydroxyl groups is 4. The van der Waals surface area contributed by atoms with Crippen LogP contribution < -0.4 is 4.74 Å². The Bertz CT molecular complexity index is 882. The molecule has 4 N–H and O–H groups in total. The maximum atomic E-state index is 10.4. The van der Waals surface area contributed by atoms with Crippen LogP contribution in [-0.2, 0) is 15.9 Å². The highest BCUT2D eigenvalue weighted by Crippen LogP contribution is 2.34. The molecule has 2 aliphatic rings. The first kappa shape index (κ1) is 23.4. The van der Waals surface area contributed by atoms with Crippen LogP contribution in [0.2, 0.25) is 5.02 Å². The molecular weight excluding hydrogens is 436 g/mol. The fourth-order valence-electron chi connectivity index (χ4n) is 4.18. The predicted molar refractivity (Wildman–Crippen MR) is 118 cm³/mol. The molecule has 7 nitrogen and oxygen atoms in total. The SMILES string of the molecule is OC[C@H]1O[C@@H](c2ccc(Cl)c(Cc3ccc(OC4CCOCC4)cc3)c2)[C@H](O)[C@H](O)[C@@H]1O. The molecule has 2 aromatic carbocycles. The molecule has 4 rings (SSSR count). The molecule has 2 aromatic rings. The number of hydrogen-bond donors (Lipinski definition) is 4. The van der Waals surface area contributed by atoms with Gasteiger partial charge in [0.1, 0.15) is 42.4 Å². The predicted octanol–water partition coefficient (Wildman–Crippen LogP) is 2.00. The molecule has 0 unspecified atom stereocenters. The van der Waals surface area contributed by atoms with Crippen LogP contribution >= 0.6 is 11.6 Å². The Morgan fingerprint density at radius 1 is 0.938 bits per heavy atom. The van der Waals surface area contributed by atoms with Crippen molar-refractivity contribution in [2.24, 2.45) is 0 Å². The number of aliphatic hydroxyl groups excluding tert-OH is 4. The molecule has 0 saturated carbocycles. The van der Waals surface area contributed by atoms with Crippen molar-refractivity contribution in [3.05, 3.63) is 64.2 Å². The normalized spacial score (nSPS) is 29.1. The summed E-state index contributed by atoms with van der Waals surface area (Å²) in [5.74, 6) is 0.821. The minimum Gasteiger partial charge on any atom is -0.490 e. The quantitative estimate of drug-likeness (QED) is 0.517. The average molecular weight is 465 g/mol. The van der Waals surface area contributed by atoms with Crippen LogP contribution in [0, 0.1) is 0 Å². The average Bonchev–Trinajstić information content (AvgIpc) is 2.81. The van der Waals surface area contributed by atoms with Crippen molar-refractivity contribution in [2.75, 3.05) is 19.8 Å². The fourth-order valence-corrected chi connectivity index (χ4v) is 4.36. The molecule has 0 aliphatic carbocycles. The lowest BCUT2D eigenvalue weighted by Gasteiger charge is -2.40. The van der Waals surface area contributed by atoms with Gasteiger partial charge < -0.3 is 34.6 Å². The molecule has 0 spiro atoms. The monoisotopic (exact) mass is 464 g/mol. The van der Waals surface area contributed by atoms with Crippen LogP contribution in [0.1, 0.15) is 35.6 Å². The van der Waals surface area contributed by atoms with E-state index < -0.39 is 37.1 Å². The van der Waals surface area contributed by atoms with E-state index in [-0.39, 0.29) is 6.10 Å². The topological polar surface area (TPSA) is 109 Å². The first-order chi connectivity index (χ1) is 15.5. The third-order valence-electron chi connectivity index (χ3n) is 6.08. The molecule has 5 atom stereocenters. The Balaban J connectivity index is 1.47. The summed E-state index contributed by atoms with van der Waals surface area (Å²) >= 11 is 6.42. The van der Waals surface area contributed by atoms with Gasteiger partial charge in [0.05, 0.1) is 19.8 Å². The molecule has 32 heavy (non-hydrogen) atoms. The first-order valence-electron chi connectivity index (χ1n) is 10.9. The van der Waals surface area contributed by atoms with Crippen LogP contribution in [-0.4, -0.2) is 70.8 Å². The Kier molecular flexibility index (Phi) is 7.68. The van der Waals surface area contributed by atoms with Crippen molar-refractivity contribution in [3.8, 4) is 5.75 Å². The summed E-state index contributed by atoms with van der Waals surface area (Å²) in [5.41, 5.74) is 2.48. The van der Waals surface area contributed by atoms with E-state index in [4.69, 9.17) is 25.8 Å². The lowest BCUT2D eigenvalue weighted by atomic mass is 9.90. The Hall–Kier alpha value is -1.71. The van der Waals surface area contributed by atoms with Gasteiger partial charge in [0.15, 0.2) is 0 Å². The fraction of sp³-hybridized carbons (Fsp3) is 0.500. The highest BCUT2D eigenvalue weighted by molar-refractivity contribution is 6.31. The number of halogens is 1. The van der Waals surface area contributed by atoms with E-state index in [1.54, 1.807) is 12.1 Å². The summed E-state index contributed by atoms with van der Waals surface area (Å²) < 4.78 is 17.1. The largest absolute Gasteiger partial charge is 0.490 e. The van der Waals surface area contributed by atoms with E-state index in [1.165, 1.54) is 0 Å². The standard InChI is InChI=1S/C24H29ClO7/c25-19-6-3-15(24-23(29)22(28)21(27)20(13-26)32-24)12-16(19)11-14-1-4-17(5-2-14)31-18-7-9-30-10-8-18/h1-6,12,18,20-24,26-29H,7-11,13H2/t20-,21-,22-,23-,24+/m1/s1. The summed E-state index contributed by atoms with van der Waals surface area (Å²) in [6, 6.07) is 13.1. The van der Waals surface area contributed by atoms with Crippen molar-refractivity contribution in [2.45, 2.75) is 55.9 Å². The summed E-state index contributed by atoms with van der Waals surface area (Å²) in [7, 11) is 0. The molecule has 0 bridgehead atoms. The van der Waals surface area contributed by atoms with Gasteiger partial charge in [-0.15, -0.1) is 0 Å². The van der Waals surface area contributed by atoms with Crippen molar-refractivity contribution in [1.82, 2.24) is 0 Å². The molecule has 8 heteroatoms. The van der Waals surface area contributed by atoms with Crippen molar-refractivity contribution in [3.63, 3.8) is 0 Å². The molecule has 0 aromatic heterocycles. The maximum Gasteiger partial charge on any atom is 0.119 e. The van der Waals surface area contributed by atoms with Gasteiger partial charge >= 0.3 is 0 Å². The molecule has 0 radical (unpaired) electrons. The van der Waals surface area contributed by atoms with Crippen LogP contribution in [0.25, 0.3) is 0 Å². The molecule has 174 valence electrons. The van der Waals surface area contributed by atoms with Gasteiger partial charge in [-0.2, -0.15) is 0 Å². The van der Waals surface area contributed by atoms with Crippen LogP contribution in [0.3, 0.4) is 0 Å². The molecule has 2 fully saturated rings. The van der Waals surface area contributed by atoms with E-state index in [1.807, 2.05) is 30.3 Å². The number of benzene rings is 2. The number of ether oxygens (including phenoxy) is 3. The highest BCUT2D eigenvalue weighted by Gasteiger charge is 2.44. The Labute approximate surface area is 192 Å². The van der Waals surface area contributed by atoms with E-state index in [2.05, 4.69) is 0 Å². The molecule has 0 amide bonds. The van der Waals surface area contributed by atoms with Crippen LogP contribution in [0.15, 0.2) is 42.5 Å². The van der Waals surface area contributed by atoms with E-state index in [9.17, 15) is 20.4 Å². The molecule has 2 heterocycles. The van der Waals surface area contributed by atoms with Crippen LogP contribution in [0.5, 0.6) is 5.75 Å². The maximum absolute atomic E-state index is 10.4. The third-order valence-corrected chi connectivity index (χ3v) is 6.45. The zero-order chi connectivity index (χ0) is 22.7. The summed E-state index contributed by atoms with van der Waals surface area (Å²) in [6.07, 6.45) is -3.47. The van der Waals surface area contributed by atoms with Crippen molar-refractivity contribution >= 4 is 11.6 Å². The highest BCUT2D eigenvalue weighted by atomic mass is 35.5. The van der Waals surface area contributed by atoms with Gasteiger partial charge in [-0.1, -0.05) is 35.9 Å². The second-order valence-corrected chi connectivity index (χ2v) is 8.76. The minimum absolute atomic E-state index is 0.180. The van der Waals surface area contributed by atoms with Gasteiger partial charge in [-0.05, 0) is 41.3 Å². The lowest BCUT2D eigenvalue weighted by molar-refractivity contribution is -0.231. The first-order valence-corrected chi connectivity index (χ1v) is 11.3. The van der Waals surface area contributed by atoms with E-state index in [0.717, 1.165) is 42.9 Å². The molecule has 2 aliphatic heterocycles. The Morgan fingerprint density at radius 3 is 2.34 bits per heavy atom. The minimum atomic E-state index is -1.42. The van der Waals surface area contributed by atoms with Gasteiger partial charge in [0.2, 0.25) is 0 Å². The second-order valence-electron chi connectivity index (χ2n) is 8.35. The summed E-state index contributed by atoms with van der Waals surface area (Å²) in [4.78, 5) is 0. The smallest absolute Gasteiger partial charge is 0.119 e. The summed E-state index contributed by atoms with van der Waals surface area (Å²) in [5, 5.41) is 40.5. The van der Waals surface area contributed by atoms with E-state index >= 15 is 0 Å². The number of hydrogen-bond acceptors (Lipinski definition) is 7. The van der Waals surface area contributed by atoms with Crippen molar-refractivity contribution < 1.29 is 34.6 Å². The number of rotatable bonds is 6.